The molecular formula is CHCl6P2+. The van der Waals surface area contributed by atoms with Crippen molar-refractivity contribution in [1.82, 2.24) is 0 Å². The summed E-state index contributed by atoms with van der Waals surface area (Å²) in [6.45, 7) is 0. The highest BCUT2D eigenvalue weighted by atomic mass is 36.1. The number of halogens is 6. The van der Waals surface area contributed by atoms with Gasteiger partial charge in [-0.25, -0.2) is 0 Å². The van der Waals surface area contributed by atoms with Crippen molar-refractivity contribution in [2.24, 2.45) is 0 Å². The van der Waals surface area contributed by atoms with Gasteiger partial charge >= 0.3 is 5.32 Å². The van der Waals surface area contributed by atoms with E-state index in [4.69, 9.17) is 67.4 Å². The second-order valence-corrected chi connectivity index (χ2v) is 16.7. The maximum atomic E-state index is 5.38. The van der Waals surface area contributed by atoms with Gasteiger partial charge in [0.15, 0.2) is 4.94 Å². The third kappa shape index (κ3) is 10.5. The predicted octanol–water partition coefficient (Wildman–Crippen LogP) is 5.70. The molecule has 0 nitrogen and oxygen atoms in total. The van der Waals surface area contributed by atoms with E-state index in [1.807, 2.05) is 0 Å². The first-order valence-corrected chi connectivity index (χ1v) is 10.7. The first-order valence-electron chi connectivity index (χ1n) is 1.53. The van der Waals surface area contributed by atoms with Gasteiger partial charge in [0.2, 0.25) is 0 Å². The van der Waals surface area contributed by atoms with E-state index in [2.05, 4.69) is 0 Å². The smallest absolute Gasteiger partial charge is 0.0596 e. The quantitative estimate of drug-likeness (QED) is 0.542. The van der Waals surface area contributed by atoms with E-state index < -0.39 is 10.3 Å². The SMILES string of the molecule is ClP(Cl)(Cl)=C[P+](Cl)(Cl)Cl. The van der Waals surface area contributed by atoms with Gasteiger partial charge in [0.05, 0.1) is 0 Å². The van der Waals surface area contributed by atoms with Crippen molar-refractivity contribution < 1.29 is 0 Å². The fourth-order valence-corrected chi connectivity index (χ4v) is 12.0. The van der Waals surface area contributed by atoms with E-state index in [1.165, 1.54) is 5.54 Å². The van der Waals surface area contributed by atoms with Crippen molar-refractivity contribution in [1.29, 1.82) is 0 Å². The molecule has 0 aliphatic rings. The third-order valence-corrected chi connectivity index (χ3v) is 7.07. The molecule has 0 amide bonds. The van der Waals surface area contributed by atoms with Crippen LogP contribution in [0, 0.1) is 0 Å². The Hall–Kier alpha value is 2.47. The average Bonchev–Trinajstić information content (AvgIpc) is 1.14. The van der Waals surface area contributed by atoms with Crippen LogP contribution >= 0.6 is 77.7 Å². The molecule has 0 radical (unpaired) electrons. The molecular weight excluding hydrogens is 287 g/mol. The van der Waals surface area contributed by atoms with Crippen molar-refractivity contribution in [3.05, 3.63) is 0 Å². The summed E-state index contributed by atoms with van der Waals surface area (Å²) in [6, 6.07) is 0. The van der Waals surface area contributed by atoms with Gasteiger partial charge < -0.3 is 0 Å². The van der Waals surface area contributed by atoms with Crippen molar-refractivity contribution in [3.8, 4) is 0 Å². The summed E-state index contributed by atoms with van der Waals surface area (Å²) in [7, 11) is 0. The molecule has 9 heavy (non-hydrogen) atoms. The molecule has 0 unspecified atom stereocenters. The van der Waals surface area contributed by atoms with E-state index in [1.54, 1.807) is 0 Å². The lowest BCUT2D eigenvalue weighted by molar-refractivity contribution is 3.94. The number of hydrogen-bond acceptors (Lipinski definition) is 0. The predicted molar refractivity (Wildman–Crippen MR) is 55.0 cm³/mol. The normalized spacial score (nSPS) is 13.6. The van der Waals surface area contributed by atoms with Crippen molar-refractivity contribution in [2.75, 3.05) is 0 Å². The molecule has 0 bridgehead atoms. The molecule has 0 rings (SSSR count). The summed E-state index contributed by atoms with van der Waals surface area (Å²) in [5.74, 6) is 0. The Kier molecular flexibility index (Phi) is 5.00. The zero-order valence-electron chi connectivity index (χ0n) is 3.74. The number of hydrogen-bond donors (Lipinski definition) is 0. The Morgan fingerprint density at radius 2 is 1.33 bits per heavy atom. The third-order valence-electron chi connectivity index (χ3n) is 0.262. The van der Waals surface area contributed by atoms with Crippen LogP contribution in [0.2, 0.25) is 0 Å². The topological polar surface area (TPSA) is 0 Å². The van der Waals surface area contributed by atoms with Crippen LogP contribution < -0.4 is 0 Å². The Morgan fingerprint density at radius 3 is 1.33 bits per heavy atom. The lowest BCUT2D eigenvalue weighted by Gasteiger charge is -1.95. The summed E-state index contributed by atoms with van der Waals surface area (Å²) in [5, 5.41) is -2.59. The van der Waals surface area contributed by atoms with Crippen molar-refractivity contribution in [2.45, 2.75) is 0 Å². The van der Waals surface area contributed by atoms with E-state index >= 15 is 0 Å². The van der Waals surface area contributed by atoms with Gasteiger partial charge in [0, 0.05) is 0 Å². The Labute approximate surface area is 82.7 Å². The summed E-state index contributed by atoms with van der Waals surface area (Å²) in [4.78, 5) is -2.59. The van der Waals surface area contributed by atoms with Crippen LogP contribution in [0.15, 0.2) is 0 Å². The molecule has 0 spiro atoms. The molecule has 0 saturated carbocycles. The van der Waals surface area contributed by atoms with Crippen LogP contribution in [0.4, 0.5) is 0 Å². The van der Waals surface area contributed by atoms with Gasteiger partial charge in [0.25, 0.3) is 0 Å². The standard InChI is InChI=1S/CHCl6P2/c2-8(3,4)1-9(5,6)7/h1H/q+1. The van der Waals surface area contributed by atoms with Gasteiger partial charge in [-0.05, 0) is 0 Å². The summed E-state index contributed by atoms with van der Waals surface area (Å²) in [6.07, 6.45) is 0. The van der Waals surface area contributed by atoms with E-state index in [-0.39, 0.29) is 0 Å². The van der Waals surface area contributed by atoms with Gasteiger partial charge in [-0.2, -0.15) is 0 Å². The van der Waals surface area contributed by atoms with E-state index in [0.29, 0.717) is 0 Å². The zero-order valence-corrected chi connectivity index (χ0v) is 10.1. The molecule has 0 N–H and O–H groups in total. The molecule has 0 aliphatic carbocycles. The Bertz CT molecular complexity index is 129. The second-order valence-electron chi connectivity index (χ2n) is 1.08. The fourth-order valence-electron chi connectivity index (χ4n) is 0.148. The van der Waals surface area contributed by atoms with Gasteiger partial charge in [0.1, 0.15) is 39.3 Å². The molecule has 0 saturated heterocycles. The first kappa shape index (κ1) is 11.5. The average molecular weight is 288 g/mol. The second kappa shape index (κ2) is 3.92. The molecule has 0 atom stereocenters. The van der Waals surface area contributed by atoms with E-state index in [0.717, 1.165) is 0 Å². The van der Waals surface area contributed by atoms with Gasteiger partial charge in [-0.1, -0.05) is 33.7 Å². The van der Waals surface area contributed by atoms with Crippen LogP contribution in [-0.2, 0) is 0 Å². The van der Waals surface area contributed by atoms with Crippen LogP contribution in [0.3, 0.4) is 0 Å². The maximum absolute atomic E-state index is 5.38. The van der Waals surface area contributed by atoms with Crippen LogP contribution in [0.1, 0.15) is 0 Å². The molecule has 0 aliphatic heterocycles. The highest BCUT2D eigenvalue weighted by Crippen LogP contribution is 2.79. The van der Waals surface area contributed by atoms with Crippen LogP contribution in [0.5, 0.6) is 0 Å². The molecule has 0 aromatic rings. The molecule has 56 valence electrons. The lowest BCUT2D eigenvalue weighted by Crippen LogP contribution is -1.59. The minimum atomic E-state index is -2.59. The Morgan fingerprint density at radius 1 is 1.00 bits per heavy atom. The van der Waals surface area contributed by atoms with Crippen molar-refractivity contribution >= 4 is 83.2 Å². The summed E-state index contributed by atoms with van der Waals surface area (Å²) < 4.78 is 0. The van der Waals surface area contributed by atoms with Crippen LogP contribution in [-0.4, -0.2) is 5.54 Å². The highest BCUT2D eigenvalue weighted by Gasteiger charge is 2.33. The number of rotatable bonds is 1. The van der Waals surface area contributed by atoms with E-state index in [9.17, 15) is 0 Å². The summed E-state index contributed by atoms with van der Waals surface area (Å²) >= 11 is 32.3. The Balaban J connectivity index is 4.32. The van der Waals surface area contributed by atoms with Gasteiger partial charge in [-0.3, -0.25) is 0 Å². The monoisotopic (exact) mass is 285 g/mol. The molecule has 0 heterocycles. The maximum Gasteiger partial charge on any atom is 0.336 e. The first-order chi connectivity index (χ1) is 3.71. The highest BCUT2D eigenvalue weighted by molar-refractivity contribution is 8.49. The lowest BCUT2D eigenvalue weighted by atomic mass is 11.9. The summed E-state index contributed by atoms with van der Waals surface area (Å²) in [5.41, 5.74) is 1.19. The minimum absolute atomic E-state index is 1.19. The fraction of sp³-hybridized carbons (Fsp3) is 0. The molecule has 0 aromatic carbocycles. The molecule has 0 aromatic heterocycles. The molecule has 0 fully saturated rings. The largest absolute Gasteiger partial charge is 0.336 e. The molecule has 8 heteroatoms. The van der Waals surface area contributed by atoms with Crippen LogP contribution in [0.25, 0.3) is 0 Å². The minimum Gasteiger partial charge on any atom is -0.0596 e. The van der Waals surface area contributed by atoms with Crippen molar-refractivity contribution in [3.63, 3.8) is 0 Å². The van der Waals surface area contributed by atoms with Gasteiger partial charge in [-0.15, -0.1) is 0 Å². The zero-order chi connectivity index (χ0) is 7.71.